The molecule has 3 aromatic carbocycles. The lowest BCUT2D eigenvalue weighted by atomic mass is 10.1. The molecule has 0 aliphatic rings. The minimum atomic E-state index is -0.817. The zero-order chi connectivity index (χ0) is 30.6. The van der Waals surface area contributed by atoms with Gasteiger partial charge in [0.2, 0.25) is 5.95 Å². The first-order chi connectivity index (χ1) is 20.0. The number of phenols is 2. The second-order valence-corrected chi connectivity index (χ2v) is 9.62. The molecule has 0 saturated carbocycles. The first-order valence-corrected chi connectivity index (χ1v) is 13.4. The summed E-state index contributed by atoms with van der Waals surface area (Å²) in [5.41, 5.74) is 1.13. The van der Waals surface area contributed by atoms with Crippen LogP contribution in [0, 0.1) is 17.5 Å². The lowest BCUT2D eigenvalue weighted by Crippen LogP contribution is -2.22. The third-order valence-corrected chi connectivity index (χ3v) is 6.84. The molecule has 5 rings (SSSR count). The molecule has 0 aliphatic heterocycles. The largest absolute Gasteiger partial charge is 0.505 e. The van der Waals surface area contributed by atoms with Gasteiger partial charge in [0.05, 0.1) is 11.1 Å². The van der Waals surface area contributed by atoms with Gasteiger partial charge in [-0.3, -0.25) is 18.7 Å². The maximum absolute atomic E-state index is 13.5. The van der Waals surface area contributed by atoms with E-state index in [0.717, 1.165) is 12.1 Å². The smallest absolute Gasteiger partial charge is 0.262 e. The van der Waals surface area contributed by atoms with Gasteiger partial charge >= 0.3 is 0 Å². The molecule has 42 heavy (non-hydrogen) atoms. The summed E-state index contributed by atoms with van der Waals surface area (Å²) in [6.45, 7) is 0. The molecule has 0 unspecified atom stereocenters. The molecule has 2 aromatic heterocycles. The quantitative estimate of drug-likeness (QED) is 0.188. The van der Waals surface area contributed by atoms with Gasteiger partial charge in [0.25, 0.3) is 11.1 Å². The van der Waals surface area contributed by atoms with E-state index in [2.05, 4.69) is 15.3 Å². The van der Waals surface area contributed by atoms with E-state index in [1.807, 2.05) is 6.26 Å². The van der Waals surface area contributed by atoms with E-state index in [9.17, 15) is 27.9 Å². The van der Waals surface area contributed by atoms with Crippen LogP contribution in [-0.2, 0) is 14.1 Å². The Balaban J connectivity index is 0.000000201. The van der Waals surface area contributed by atoms with Gasteiger partial charge in [0, 0.05) is 32.2 Å². The molecule has 216 valence electrons. The summed E-state index contributed by atoms with van der Waals surface area (Å²) in [7, 11) is 3.13. The number of benzene rings is 3. The molecule has 3 N–H and O–H groups in total. The van der Waals surface area contributed by atoms with Gasteiger partial charge in [-0.25, -0.2) is 23.1 Å². The first-order valence-electron chi connectivity index (χ1n) is 12.2. The number of phenolic OH excluding ortho intramolecular Hbond substituents is 2. The maximum Gasteiger partial charge on any atom is 0.262 e. The SMILES string of the molecule is CSc1ncc(-c2ccc(O)c(F)c2)c(=O)n1C.Cn1c(Nc2ccc(F)cc2)ncc(-c2ccc(O)c(F)c2)c1=O. The van der Waals surface area contributed by atoms with Crippen LogP contribution in [0.3, 0.4) is 0 Å². The van der Waals surface area contributed by atoms with Crippen molar-refractivity contribution in [2.75, 3.05) is 11.6 Å². The van der Waals surface area contributed by atoms with Gasteiger partial charge in [-0.05, 0) is 65.9 Å². The molecule has 0 atom stereocenters. The predicted molar refractivity (Wildman–Crippen MR) is 155 cm³/mol. The van der Waals surface area contributed by atoms with Crippen molar-refractivity contribution in [3.63, 3.8) is 0 Å². The number of aromatic nitrogens is 4. The van der Waals surface area contributed by atoms with Crippen LogP contribution in [0.25, 0.3) is 22.3 Å². The van der Waals surface area contributed by atoms with Crippen LogP contribution in [0.15, 0.2) is 87.8 Å². The second kappa shape index (κ2) is 12.6. The van der Waals surface area contributed by atoms with E-state index in [1.54, 1.807) is 7.05 Å². The summed E-state index contributed by atoms with van der Waals surface area (Å²) in [5.74, 6) is -2.62. The highest BCUT2D eigenvalue weighted by atomic mass is 32.2. The number of hydrogen-bond donors (Lipinski definition) is 3. The van der Waals surface area contributed by atoms with Gasteiger partial charge in [-0.1, -0.05) is 23.9 Å². The topological polar surface area (TPSA) is 122 Å². The zero-order valence-corrected chi connectivity index (χ0v) is 23.3. The highest BCUT2D eigenvalue weighted by Crippen LogP contribution is 2.24. The number of thioether (sulfide) groups is 1. The standard InChI is InChI=1S/C17H13F2N3O2.C12H11FN2O2S/c1-22-16(24)13(10-2-7-15(23)14(19)8-10)9-20-17(22)21-12-5-3-11(18)4-6-12;1-15-11(17)8(6-14-12(15)18-2)7-3-4-10(16)9(13)5-7/h2-9,23H,1H3,(H,20,21);3-6,16H,1-2H3. The van der Waals surface area contributed by atoms with E-state index >= 15 is 0 Å². The van der Waals surface area contributed by atoms with Crippen molar-refractivity contribution in [1.82, 2.24) is 19.1 Å². The molecule has 9 nitrogen and oxygen atoms in total. The van der Waals surface area contributed by atoms with Crippen molar-refractivity contribution < 1.29 is 23.4 Å². The fourth-order valence-corrected chi connectivity index (χ4v) is 4.30. The Kier molecular flexibility index (Phi) is 9.01. The van der Waals surface area contributed by atoms with E-state index < -0.39 is 23.1 Å². The van der Waals surface area contributed by atoms with Crippen LogP contribution in [0.4, 0.5) is 24.8 Å². The molecule has 0 amide bonds. The van der Waals surface area contributed by atoms with Crippen molar-refractivity contribution in [2.45, 2.75) is 5.16 Å². The maximum atomic E-state index is 13.5. The molecule has 13 heteroatoms. The van der Waals surface area contributed by atoms with E-state index in [1.165, 1.54) is 88.9 Å². The summed E-state index contributed by atoms with van der Waals surface area (Å²) >= 11 is 1.36. The summed E-state index contributed by atoms with van der Waals surface area (Å²) in [5, 5.41) is 21.8. The molecule has 2 heterocycles. The minimum absolute atomic E-state index is 0.195. The molecular formula is C29H24F3N5O4S. The molecule has 5 aromatic rings. The van der Waals surface area contributed by atoms with Crippen molar-refractivity contribution in [1.29, 1.82) is 0 Å². The normalized spacial score (nSPS) is 10.6. The Morgan fingerprint density at radius 2 is 1.24 bits per heavy atom. The van der Waals surface area contributed by atoms with Gasteiger partial charge in [0.1, 0.15) is 5.82 Å². The Bertz CT molecular complexity index is 1880. The number of rotatable bonds is 5. The lowest BCUT2D eigenvalue weighted by Gasteiger charge is -2.11. The van der Waals surface area contributed by atoms with Crippen LogP contribution >= 0.6 is 11.8 Å². The number of anilines is 2. The van der Waals surface area contributed by atoms with E-state index in [4.69, 9.17) is 5.11 Å². The number of halogens is 3. The van der Waals surface area contributed by atoms with Crippen molar-refractivity contribution in [3.8, 4) is 33.8 Å². The number of nitrogens with zero attached hydrogens (tertiary/aromatic N) is 4. The van der Waals surface area contributed by atoms with Crippen LogP contribution in [-0.4, -0.2) is 35.6 Å². The predicted octanol–water partition coefficient (Wildman–Crippen LogP) is 5.19. The Labute approximate surface area is 241 Å². The van der Waals surface area contributed by atoms with Gasteiger partial charge < -0.3 is 15.5 Å². The summed E-state index contributed by atoms with van der Waals surface area (Å²) in [4.78, 5) is 32.8. The fourth-order valence-electron chi connectivity index (χ4n) is 3.79. The van der Waals surface area contributed by atoms with Gasteiger partial charge in [-0.2, -0.15) is 0 Å². The zero-order valence-electron chi connectivity index (χ0n) is 22.5. The number of aromatic hydroxyl groups is 2. The monoisotopic (exact) mass is 595 g/mol. The second-order valence-electron chi connectivity index (χ2n) is 8.85. The summed E-state index contributed by atoms with van der Waals surface area (Å²) < 4.78 is 42.3. The van der Waals surface area contributed by atoms with Crippen LogP contribution in [0.2, 0.25) is 0 Å². The van der Waals surface area contributed by atoms with Crippen molar-refractivity contribution >= 4 is 23.4 Å². The molecule has 0 bridgehead atoms. The lowest BCUT2D eigenvalue weighted by molar-refractivity contribution is 0.432. The molecule has 0 radical (unpaired) electrons. The Hall–Kier alpha value is -5.04. The van der Waals surface area contributed by atoms with E-state index in [-0.39, 0.29) is 28.4 Å². The van der Waals surface area contributed by atoms with Crippen LogP contribution in [0.1, 0.15) is 0 Å². The number of nitrogens with one attached hydrogen (secondary N) is 1. The van der Waals surface area contributed by atoms with Crippen LogP contribution in [0.5, 0.6) is 11.5 Å². The number of hydrogen-bond acceptors (Lipinski definition) is 8. The molecule has 0 spiro atoms. The summed E-state index contributed by atoms with van der Waals surface area (Å²) in [6.07, 6.45) is 4.56. The highest BCUT2D eigenvalue weighted by Gasteiger charge is 2.13. The van der Waals surface area contributed by atoms with Crippen molar-refractivity contribution in [3.05, 3.63) is 111 Å². The first kappa shape index (κ1) is 29.9. The van der Waals surface area contributed by atoms with Gasteiger partial charge in [-0.15, -0.1) is 0 Å². The van der Waals surface area contributed by atoms with E-state index in [0.29, 0.717) is 27.5 Å². The van der Waals surface area contributed by atoms with Crippen molar-refractivity contribution in [2.24, 2.45) is 14.1 Å². The molecular weight excluding hydrogens is 571 g/mol. The Morgan fingerprint density at radius 1 is 0.738 bits per heavy atom. The molecule has 0 fully saturated rings. The fraction of sp³-hybridized carbons (Fsp3) is 0.103. The summed E-state index contributed by atoms with van der Waals surface area (Å²) in [6, 6.07) is 13.1. The third-order valence-electron chi connectivity index (χ3n) is 6.10. The third kappa shape index (κ3) is 6.47. The molecule has 0 aliphatic carbocycles. The van der Waals surface area contributed by atoms with Crippen LogP contribution < -0.4 is 16.4 Å². The van der Waals surface area contributed by atoms with Gasteiger partial charge in [0.15, 0.2) is 28.3 Å². The average molecular weight is 596 g/mol. The highest BCUT2D eigenvalue weighted by molar-refractivity contribution is 7.98. The minimum Gasteiger partial charge on any atom is -0.505 e. The average Bonchev–Trinajstić information content (AvgIpc) is 2.97. The molecule has 0 saturated heterocycles. The Morgan fingerprint density at radius 3 is 1.74 bits per heavy atom.